The van der Waals surface area contributed by atoms with Crippen molar-refractivity contribution in [1.82, 2.24) is 15.0 Å². The van der Waals surface area contributed by atoms with Gasteiger partial charge in [0.25, 0.3) is 0 Å². The first-order valence-corrected chi connectivity index (χ1v) is 4.48. The second-order valence-electron chi connectivity index (χ2n) is 3.25. The molecule has 1 aromatic heterocycles. The largest absolute Gasteiger partial charge is 0.464 e. The van der Waals surface area contributed by atoms with Crippen molar-refractivity contribution in [3.63, 3.8) is 0 Å². The summed E-state index contributed by atoms with van der Waals surface area (Å²) >= 11 is 0. The van der Waals surface area contributed by atoms with E-state index in [0.717, 1.165) is 0 Å². The van der Waals surface area contributed by atoms with Gasteiger partial charge in [-0.05, 0) is 0 Å². The number of aromatic nitrogens is 3. The van der Waals surface area contributed by atoms with Gasteiger partial charge in [0.15, 0.2) is 5.69 Å². The fourth-order valence-corrected chi connectivity index (χ4v) is 1.42. The van der Waals surface area contributed by atoms with E-state index < -0.39 is 12.1 Å². The number of carbonyl (C=O) groups is 1. The van der Waals surface area contributed by atoms with E-state index in [1.807, 2.05) is 0 Å². The Morgan fingerprint density at radius 1 is 1.73 bits per heavy atom. The van der Waals surface area contributed by atoms with Gasteiger partial charge in [-0.15, -0.1) is 5.10 Å². The van der Waals surface area contributed by atoms with Crippen LogP contribution in [0.25, 0.3) is 0 Å². The van der Waals surface area contributed by atoms with Crippen molar-refractivity contribution >= 4 is 5.97 Å². The van der Waals surface area contributed by atoms with Crippen LogP contribution in [0.2, 0.25) is 0 Å². The molecule has 0 radical (unpaired) electrons. The second kappa shape index (κ2) is 3.95. The molecule has 1 fully saturated rings. The number of nitrogens with zero attached hydrogens (tertiary/aromatic N) is 3. The number of aliphatic hydroxyl groups is 1. The lowest BCUT2D eigenvalue weighted by Crippen LogP contribution is -2.22. The van der Waals surface area contributed by atoms with E-state index in [4.69, 9.17) is 4.74 Å². The Kier molecular flexibility index (Phi) is 2.65. The Hall–Kier alpha value is -1.47. The van der Waals surface area contributed by atoms with E-state index in [0.29, 0.717) is 6.61 Å². The first-order chi connectivity index (χ1) is 7.22. The summed E-state index contributed by atoms with van der Waals surface area (Å²) in [7, 11) is 1.27. The molecule has 0 saturated carbocycles. The summed E-state index contributed by atoms with van der Waals surface area (Å²) in [4.78, 5) is 11.1. The van der Waals surface area contributed by atoms with Crippen molar-refractivity contribution in [3.8, 4) is 0 Å². The van der Waals surface area contributed by atoms with Crippen molar-refractivity contribution in [2.24, 2.45) is 0 Å². The number of aliphatic hydroxyl groups excluding tert-OH is 1. The van der Waals surface area contributed by atoms with E-state index in [2.05, 4.69) is 15.0 Å². The molecule has 1 aliphatic heterocycles. The molecule has 15 heavy (non-hydrogen) atoms. The minimum Gasteiger partial charge on any atom is -0.464 e. The topological polar surface area (TPSA) is 86.5 Å². The number of esters is 1. The standard InChI is InChI=1S/C8H11N3O4/c1-14-8(13)5-2-11(10-9-5)6-3-15-4-7(6)12/h2,6-7,12H,3-4H2,1H3/t6-,7+/m1/s1. The van der Waals surface area contributed by atoms with Crippen LogP contribution in [-0.4, -0.2) is 52.5 Å². The highest BCUT2D eigenvalue weighted by molar-refractivity contribution is 5.86. The zero-order chi connectivity index (χ0) is 10.8. The van der Waals surface area contributed by atoms with E-state index in [9.17, 15) is 9.90 Å². The number of rotatable bonds is 2. The summed E-state index contributed by atoms with van der Waals surface area (Å²) in [6.45, 7) is 0.642. The Labute approximate surface area is 85.6 Å². The van der Waals surface area contributed by atoms with E-state index in [1.165, 1.54) is 18.0 Å². The predicted molar refractivity (Wildman–Crippen MR) is 47.2 cm³/mol. The fourth-order valence-electron chi connectivity index (χ4n) is 1.42. The highest BCUT2D eigenvalue weighted by Gasteiger charge is 2.29. The molecule has 0 unspecified atom stereocenters. The van der Waals surface area contributed by atoms with E-state index in [-0.39, 0.29) is 18.3 Å². The average molecular weight is 213 g/mol. The maximum absolute atomic E-state index is 11.1. The number of methoxy groups -OCH3 is 1. The van der Waals surface area contributed by atoms with Gasteiger partial charge in [0.2, 0.25) is 0 Å². The van der Waals surface area contributed by atoms with Gasteiger partial charge in [-0.2, -0.15) is 0 Å². The maximum Gasteiger partial charge on any atom is 0.360 e. The van der Waals surface area contributed by atoms with Gasteiger partial charge in [0.05, 0.1) is 26.5 Å². The van der Waals surface area contributed by atoms with Gasteiger partial charge >= 0.3 is 5.97 Å². The molecular weight excluding hydrogens is 202 g/mol. The highest BCUT2D eigenvalue weighted by atomic mass is 16.5. The lowest BCUT2D eigenvalue weighted by Gasteiger charge is -2.10. The average Bonchev–Trinajstić information content (AvgIpc) is 2.84. The molecule has 0 aliphatic carbocycles. The number of hydrogen-bond donors (Lipinski definition) is 1. The second-order valence-corrected chi connectivity index (χ2v) is 3.25. The lowest BCUT2D eigenvalue weighted by atomic mass is 10.2. The molecule has 1 aromatic rings. The summed E-state index contributed by atoms with van der Waals surface area (Å²) in [6.07, 6.45) is 0.825. The quantitative estimate of drug-likeness (QED) is 0.634. The number of hydrogen-bond acceptors (Lipinski definition) is 6. The van der Waals surface area contributed by atoms with Crippen LogP contribution in [0.15, 0.2) is 6.20 Å². The molecule has 0 amide bonds. The summed E-state index contributed by atoms with van der Waals surface area (Å²) < 4.78 is 11.0. The van der Waals surface area contributed by atoms with E-state index >= 15 is 0 Å². The van der Waals surface area contributed by atoms with Crippen LogP contribution in [0.3, 0.4) is 0 Å². The molecule has 1 aliphatic rings. The molecular formula is C8H11N3O4. The summed E-state index contributed by atoms with van der Waals surface area (Å²) in [5.41, 5.74) is 0.122. The van der Waals surface area contributed by atoms with Crippen LogP contribution in [0, 0.1) is 0 Å². The SMILES string of the molecule is COC(=O)c1cn([C@@H]2COC[C@@H]2O)nn1. The maximum atomic E-state index is 11.1. The summed E-state index contributed by atoms with van der Waals surface area (Å²) in [5, 5.41) is 16.9. The monoisotopic (exact) mass is 213 g/mol. The third-order valence-corrected chi connectivity index (χ3v) is 2.27. The number of ether oxygens (including phenoxy) is 2. The van der Waals surface area contributed by atoms with Gasteiger partial charge in [-0.1, -0.05) is 5.21 Å². The van der Waals surface area contributed by atoms with Crippen molar-refractivity contribution in [2.75, 3.05) is 20.3 Å². The Bertz CT molecular complexity index is 365. The van der Waals surface area contributed by atoms with Crippen molar-refractivity contribution < 1.29 is 19.4 Å². The normalized spacial score (nSPS) is 25.5. The molecule has 2 rings (SSSR count). The predicted octanol–water partition coefficient (Wildman–Crippen LogP) is -1.00. The summed E-state index contributed by atoms with van der Waals surface area (Å²) in [5.74, 6) is -0.547. The fraction of sp³-hybridized carbons (Fsp3) is 0.625. The first kappa shape index (κ1) is 10.1. The molecule has 0 bridgehead atoms. The van der Waals surface area contributed by atoms with Crippen LogP contribution >= 0.6 is 0 Å². The van der Waals surface area contributed by atoms with Crippen LogP contribution < -0.4 is 0 Å². The van der Waals surface area contributed by atoms with Crippen LogP contribution in [0.5, 0.6) is 0 Å². The molecule has 0 aromatic carbocycles. The van der Waals surface area contributed by atoms with Crippen molar-refractivity contribution in [3.05, 3.63) is 11.9 Å². The molecule has 82 valence electrons. The van der Waals surface area contributed by atoms with Gasteiger partial charge in [-0.3, -0.25) is 0 Å². The minimum absolute atomic E-state index is 0.122. The van der Waals surface area contributed by atoms with Gasteiger partial charge < -0.3 is 14.6 Å². The molecule has 1 saturated heterocycles. The van der Waals surface area contributed by atoms with Crippen LogP contribution in [0.4, 0.5) is 0 Å². The molecule has 2 atom stereocenters. The zero-order valence-corrected chi connectivity index (χ0v) is 8.16. The Morgan fingerprint density at radius 3 is 3.13 bits per heavy atom. The zero-order valence-electron chi connectivity index (χ0n) is 8.16. The molecule has 7 heteroatoms. The molecule has 2 heterocycles. The van der Waals surface area contributed by atoms with Crippen LogP contribution in [-0.2, 0) is 9.47 Å². The number of carbonyl (C=O) groups excluding carboxylic acids is 1. The first-order valence-electron chi connectivity index (χ1n) is 4.48. The third kappa shape index (κ3) is 1.83. The van der Waals surface area contributed by atoms with Gasteiger partial charge in [0.1, 0.15) is 12.1 Å². The summed E-state index contributed by atoms with van der Waals surface area (Å²) in [6, 6.07) is -0.282. The molecule has 1 N–H and O–H groups in total. The van der Waals surface area contributed by atoms with Crippen molar-refractivity contribution in [1.29, 1.82) is 0 Å². The van der Waals surface area contributed by atoms with Gasteiger partial charge in [0, 0.05) is 0 Å². The highest BCUT2D eigenvalue weighted by Crippen LogP contribution is 2.18. The lowest BCUT2D eigenvalue weighted by molar-refractivity contribution is 0.0593. The Morgan fingerprint density at radius 2 is 2.53 bits per heavy atom. The minimum atomic E-state index is -0.614. The van der Waals surface area contributed by atoms with Crippen molar-refractivity contribution in [2.45, 2.75) is 12.1 Å². The Balaban J connectivity index is 2.16. The smallest absolute Gasteiger partial charge is 0.360 e. The van der Waals surface area contributed by atoms with Crippen LogP contribution in [0.1, 0.15) is 16.5 Å². The van der Waals surface area contributed by atoms with E-state index in [1.54, 1.807) is 0 Å². The third-order valence-electron chi connectivity index (χ3n) is 2.27. The molecule has 7 nitrogen and oxygen atoms in total. The molecule has 0 spiro atoms. The van der Waals surface area contributed by atoms with Gasteiger partial charge in [-0.25, -0.2) is 9.48 Å².